The zero-order valence-corrected chi connectivity index (χ0v) is 12.8. The van der Waals surface area contributed by atoms with E-state index in [2.05, 4.69) is 30.3 Å². The summed E-state index contributed by atoms with van der Waals surface area (Å²) in [6.45, 7) is 0. The number of esters is 1. The van der Waals surface area contributed by atoms with Crippen LogP contribution in [0.4, 0.5) is 19.0 Å². The van der Waals surface area contributed by atoms with Crippen molar-refractivity contribution >= 4 is 29.6 Å². The Bertz CT molecular complexity index is 735. The number of pyridine rings is 1. The van der Waals surface area contributed by atoms with Crippen LogP contribution < -0.4 is 5.43 Å². The molecule has 12 heteroatoms. The Kier molecular flexibility index (Phi) is 5.34. The van der Waals surface area contributed by atoms with E-state index in [9.17, 15) is 18.0 Å². The molecule has 0 bridgehead atoms. The number of hydrogen-bond acceptors (Lipinski definition) is 7. The fraction of sp³-hybridized carbons (Fsp3) is 0.250. The zero-order valence-electron chi connectivity index (χ0n) is 12.0. The van der Waals surface area contributed by atoms with Gasteiger partial charge in [0.15, 0.2) is 11.9 Å². The molecule has 2 rings (SSSR count). The van der Waals surface area contributed by atoms with E-state index in [1.807, 2.05) is 0 Å². The maximum Gasteiger partial charge on any atom is 0.417 e. The maximum atomic E-state index is 12.5. The standard InChI is InChI=1S/C12H10ClF3N6O2/c1-24-11(23)9(22-6-17-5-20-22)4-19-21-10-8(13)2-7(3-18-10)12(14,15)16/h2-6,9H,1H3,(H,18,21)/b19-4-/t9-/m0/s1. The third-order valence-electron chi connectivity index (χ3n) is 2.72. The van der Waals surface area contributed by atoms with Gasteiger partial charge < -0.3 is 4.74 Å². The third-order valence-corrected chi connectivity index (χ3v) is 3.01. The number of hydrazone groups is 1. The second-order valence-electron chi connectivity index (χ2n) is 4.29. The Hall–Kier alpha value is -2.69. The SMILES string of the molecule is COC(=O)[C@H](/C=N\Nc1ncc(C(F)(F)F)cc1Cl)n1cncn1. The van der Waals surface area contributed by atoms with Gasteiger partial charge >= 0.3 is 12.1 Å². The normalized spacial score (nSPS) is 13.0. The van der Waals surface area contributed by atoms with E-state index in [-0.39, 0.29) is 10.8 Å². The molecule has 0 aliphatic rings. The Morgan fingerprint density at radius 1 is 1.54 bits per heavy atom. The van der Waals surface area contributed by atoms with Gasteiger partial charge in [-0.2, -0.15) is 23.4 Å². The van der Waals surface area contributed by atoms with Crippen LogP contribution >= 0.6 is 11.6 Å². The molecule has 0 amide bonds. The van der Waals surface area contributed by atoms with Gasteiger partial charge in [-0.1, -0.05) is 11.6 Å². The molecule has 0 fully saturated rings. The molecule has 0 saturated heterocycles. The molecule has 128 valence electrons. The van der Waals surface area contributed by atoms with Crippen molar-refractivity contribution in [1.82, 2.24) is 19.7 Å². The molecule has 2 aromatic heterocycles. The number of ether oxygens (including phenoxy) is 1. The van der Waals surface area contributed by atoms with E-state index in [0.29, 0.717) is 12.3 Å². The van der Waals surface area contributed by atoms with Crippen LogP contribution in [0.2, 0.25) is 5.02 Å². The van der Waals surface area contributed by atoms with Crippen LogP contribution in [0, 0.1) is 0 Å². The quantitative estimate of drug-likeness (QED) is 0.497. The smallest absolute Gasteiger partial charge is 0.417 e. The summed E-state index contributed by atoms with van der Waals surface area (Å²) in [6, 6.07) is -0.306. The Balaban J connectivity index is 2.14. The number of rotatable bonds is 5. The topological polar surface area (TPSA) is 94.3 Å². The first-order valence-electron chi connectivity index (χ1n) is 6.27. The van der Waals surface area contributed by atoms with Crippen molar-refractivity contribution in [3.8, 4) is 0 Å². The highest BCUT2D eigenvalue weighted by molar-refractivity contribution is 6.32. The monoisotopic (exact) mass is 362 g/mol. The lowest BCUT2D eigenvalue weighted by Gasteiger charge is -2.10. The van der Waals surface area contributed by atoms with Gasteiger partial charge in [0.2, 0.25) is 0 Å². The van der Waals surface area contributed by atoms with Gasteiger partial charge in [0.05, 0.1) is 23.9 Å². The van der Waals surface area contributed by atoms with Crippen molar-refractivity contribution in [3.63, 3.8) is 0 Å². The van der Waals surface area contributed by atoms with Crippen LogP contribution in [0.15, 0.2) is 30.0 Å². The molecule has 0 unspecified atom stereocenters. The molecule has 0 aliphatic carbocycles. The van der Waals surface area contributed by atoms with E-state index in [1.165, 1.54) is 24.4 Å². The van der Waals surface area contributed by atoms with Gasteiger partial charge in [-0.25, -0.2) is 19.4 Å². The summed E-state index contributed by atoms with van der Waals surface area (Å²) in [4.78, 5) is 18.9. The highest BCUT2D eigenvalue weighted by Crippen LogP contribution is 2.32. The molecule has 0 saturated carbocycles. The molecule has 24 heavy (non-hydrogen) atoms. The number of hydrogen-bond donors (Lipinski definition) is 1. The van der Waals surface area contributed by atoms with Crippen molar-refractivity contribution in [2.45, 2.75) is 12.2 Å². The maximum absolute atomic E-state index is 12.5. The largest absolute Gasteiger partial charge is 0.467 e. The number of nitrogens with one attached hydrogen (secondary N) is 1. The number of halogens is 4. The van der Waals surface area contributed by atoms with Crippen molar-refractivity contribution in [2.75, 3.05) is 12.5 Å². The highest BCUT2D eigenvalue weighted by atomic mass is 35.5. The third kappa shape index (κ3) is 4.19. The van der Waals surface area contributed by atoms with Crippen molar-refractivity contribution in [1.29, 1.82) is 0 Å². The molecule has 0 radical (unpaired) electrons. The molecule has 2 heterocycles. The lowest BCUT2D eigenvalue weighted by molar-refractivity contribution is -0.142. The Labute approximate surface area is 138 Å². The molecule has 0 aromatic carbocycles. The first-order valence-corrected chi connectivity index (χ1v) is 6.64. The van der Waals surface area contributed by atoms with Crippen LogP contribution in [0.25, 0.3) is 0 Å². The number of anilines is 1. The number of nitrogens with zero attached hydrogens (tertiary/aromatic N) is 5. The summed E-state index contributed by atoms with van der Waals surface area (Å²) in [5, 5.41) is 7.23. The average molecular weight is 363 g/mol. The summed E-state index contributed by atoms with van der Waals surface area (Å²) in [5.41, 5.74) is 1.36. The minimum absolute atomic E-state index is 0.108. The zero-order chi connectivity index (χ0) is 17.7. The number of carbonyl (C=O) groups is 1. The molecule has 1 N–H and O–H groups in total. The van der Waals surface area contributed by atoms with Crippen LogP contribution in [-0.2, 0) is 15.7 Å². The second kappa shape index (κ2) is 7.25. The predicted molar refractivity (Wildman–Crippen MR) is 77.4 cm³/mol. The van der Waals surface area contributed by atoms with Crippen LogP contribution in [0.5, 0.6) is 0 Å². The molecular weight excluding hydrogens is 353 g/mol. The van der Waals surface area contributed by atoms with Crippen LogP contribution in [0.3, 0.4) is 0 Å². The first kappa shape index (κ1) is 17.7. The fourth-order valence-electron chi connectivity index (χ4n) is 1.56. The lowest BCUT2D eigenvalue weighted by Crippen LogP contribution is -2.23. The number of aromatic nitrogens is 4. The van der Waals surface area contributed by atoms with Gasteiger partial charge in [-0.05, 0) is 6.07 Å². The van der Waals surface area contributed by atoms with Gasteiger partial charge in [0, 0.05) is 6.20 Å². The van der Waals surface area contributed by atoms with Crippen molar-refractivity contribution < 1.29 is 22.7 Å². The van der Waals surface area contributed by atoms with E-state index < -0.39 is 23.8 Å². The lowest BCUT2D eigenvalue weighted by atomic mass is 10.3. The summed E-state index contributed by atoms with van der Waals surface area (Å²) in [5.74, 6) is -0.777. The summed E-state index contributed by atoms with van der Waals surface area (Å²) in [7, 11) is 1.18. The summed E-state index contributed by atoms with van der Waals surface area (Å²) >= 11 is 5.72. The Morgan fingerprint density at radius 2 is 2.29 bits per heavy atom. The first-order chi connectivity index (χ1) is 11.3. The van der Waals surface area contributed by atoms with E-state index in [0.717, 1.165) is 6.21 Å². The van der Waals surface area contributed by atoms with Crippen molar-refractivity contribution in [2.24, 2.45) is 5.10 Å². The Morgan fingerprint density at radius 3 is 2.83 bits per heavy atom. The predicted octanol–water partition coefficient (Wildman–Crippen LogP) is 2.16. The van der Waals surface area contributed by atoms with E-state index >= 15 is 0 Å². The van der Waals surface area contributed by atoms with Crippen molar-refractivity contribution in [3.05, 3.63) is 35.5 Å². The second-order valence-corrected chi connectivity index (χ2v) is 4.69. The molecule has 1 atom stereocenters. The van der Waals surface area contributed by atoms with Gasteiger partial charge in [0.1, 0.15) is 12.7 Å². The van der Waals surface area contributed by atoms with Gasteiger partial charge in [0.25, 0.3) is 0 Å². The number of carbonyl (C=O) groups excluding carboxylic acids is 1. The van der Waals surface area contributed by atoms with E-state index in [1.54, 1.807) is 0 Å². The van der Waals surface area contributed by atoms with Gasteiger partial charge in [-0.3, -0.25) is 5.43 Å². The molecular formula is C12H10ClF3N6O2. The van der Waals surface area contributed by atoms with E-state index in [4.69, 9.17) is 11.6 Å². The minimum atomic E-state index is -4.55. The number of methoxy groups -OCH3 is 1. The fourth-order valence-corrected chi connectivity index (χ4v) is 1.77. The average Bonchev–Trinajstić information content (AvgIpc) is 3.05. The molecule has 8 nitrogen and oxygen atoms in total. The van der Waals surface area contributed by atoms with Gasteiger partial charge in [-0.15, -0.1) is 0 Å². The molecule has 0 aliphatic heterocycles. The number of alkyl halides is 3. The van der Waals surface area contributed by atoms with Crippen LogP contribution in [-0.4, -0.2) is 39.0 Å². The highest BCUT2D eigenvalue weighted by Gasteiger charge is 2.31. The minimum Gasteiger partial charge on any atom is -0.467 e. The van der Waals surface area contributed by atoms with Crippen LogP contribution in [0.1, 0.15) is 11.6 Å². The summed E-state index contributed by atoms with van der Waals surface area (Å²) in [6.07, 6.45) is -0.334. The molecule has 2 aromatic rings. The molecule has 0 spiro atoms. The summed E-state index contributed by atoms with van der Waals surface area (Å²) < 4.78 is 43.4.